The summed E-state index contributed by atoms with van der Waals surface area (Å²) in [6.45, 7) is 4.77. The van der Waals surface area contributed by atoms with Crippen molar-refractivity contribution in [3.8, 4) is 0 Å². The van der Waals surface area contributed by atoms with Crippen LogP contribution < -0.4 is 5.73 Å². The number of nitrogens with zero attached hydrogens (tertiary/aromatic N) is 1. The Morgan fingerprint density at radius 2 is 1.62 bits per heavy atom. The van der Waals surface area contributed by atoms with E-state index in [4.69, 9.17) is 28.9 Å². The van der Waals surface area contributed by atoms with E-state index >= 15 is 0 Å². The highest BCUT2D eigenvalue weighted by atomic mass is 35.5. The van der Waals surface area contributed by atoms with Gasteiger partial charge in [-0.05, 0) is 30.7 Å². The van der Waals surface area contributed by atoms with Gasteiger partial charge in [-0.25, -0.2) is 0 Å². The number of nitrogen functional groups attached to an aromatic ring is 1. The highest BCUT2D eigenvalue weighted by Gasteiger charge is 2.12. The van der Waals surface area contributed by atoms with Gasteiger partial charge in [0.05, 0.1) is 0 Å². The number of hydrogen-bond donors (Lipinski definition) is 1. The molecule has 21 heavy (non-hydrogen) atoms. The third kappa shape index (κ3) is 4.63. The second-order valence-electron chi connectivity index (χ2n) is 5.16. The molecule has 0 aromatic heterocycles. The Hall–Kier alpha value is -1.22. The average molecular weight is 323 g/mol. The number of rotatable bonds is 6. The zero-order valence-electron chi connectivity index (χ0n) is 12.2. The third-order valence-corrected chi connectivity index (χ3v) is 4.01. The average Bonchev–Trinajstić information content (AvgIpc) is 2.44. The van der Waals surface area contributed by atoms with E-state index in [0.717, 1.165) is 31.6 Å². The topological polar surface area (TPSA) is 29.3 Å². The van der Waals surface area contributed by atoms with E-state index in [-0.39, 0.29) is 0 Å². The van der Waals surface area contributed by atoms with Crippen LogP contribution in [-0.2, 0) is 13.1 Å². The van der Waals surface area contributed by atoms with Crippen molar-refractivity contribution in [2.24, 2.45) is 0 Å². The fraction of sp³-hybridized carbons (Fsp3) is 0.294. The molecule has 0 radical (unpaired) electrons. The summed E-state index contributed by atoms with van der Waals surface area (Å²) in [6.07, 6.45) is 1.08. The molecule has 0 unspecified atom stereocenters. The van der Waals surface area contributed by atoms with Crippen LogP contribution in [-0.4, -0.2) is 11.4 Å². The standard InChI is InChI=1S/C17H20Cl2N2/c1-2-8-21(11-13-6-4-3-5-7-13)12-15-16(18)9-14(20)10-17(15)19/h3-7,9-10H,2,8,11-12,20H2,1H3. The lowest BCUT2D eigenvalue weighted by atomic mass is 10.1. The molecule has 0 spiro atoms. The first-order chi connectivity index (χ1) is 10.1. The van der Waals surface area contributed by atoms with Crippen LogP contribution in [0.5, 0.6) is 0 Å². The van der Waals surface area contributed by atoms with Gasteiger partial charge < -0.3 is 5.73 Å². The second-order valence-corrected chi connectivity index (χ2v) is 5.97. The number of halogens is 2. The first-order valence-corrected chi connectivity index (χ1v) is 7.85. The van der Waals surface area contributed by atoms with Crippen LogP contribution in [0.25, 0.3) is 0 Å². The van der Waals surface area contributed by atoms with Gasteiger partial charge in [0.15, 0.2) is 0 Å². The van der Waals surface area contributed by atoms with Crippen LogP contribution >= 0.6 is 23.2 Å². The zero-order chi connectivity index (χ0) is 15.2. The molecule has 0 aliphatic carbocycles. The molecular weight excluding hydrogens is 303 g/mol. The van der Waals surface area contributed by atoms with Gasteiger partial charge >= 0.3 is 0 Å². The fourth-order valence-corrected chi connectivity index (χ4v) is 2.99. The van der Waals surface area contributed by atoms with Gasteiger partial charge in [-0.15, -0.1) is 0 Å². The summed E-state index contributed by atoms with van der Waals surface area (Å²) < 4.78 is 0. The maximum absolute atomic E-state index is 6.29. The molecule has 0 atom stereocenters. The first-order valence-electron chi connectivity index (χ1n) is 7.09. The summed E-state index contributed by atoms with van der Waals surface area (Å²) >= 11 is 12.6. The second kappa shape index (κ2) is 7.69. The van der Waals surface area contributed by atoms with E-state index in [1.165, 1.54) is 5.56 Å². The van der Waals surface area contributed by atoms with Gasteiger partial charge in [0, 0.05) is 34.4 Å². The van der Waals surface area contributed by atoms with Crippen LogP contribution in [0, 0.1) is 0 Å². The lowest BCUT2D eigenvalue weighted by Gasteiger charge is -2.23. The molecule has 0 amide bonds. The molecule has 0 bridgehead atoms. The van der Waals surface area contributed by atoms with Gasteiger partial charge in [-0.1, -0.05) is 60.5 Å². The van der Waals surface area contributed by atoms with Crippen molar-refractivity contribution in [1.29, 1.82) is 0 Å². The summed E-state index contributed by atoms with van der Waals surface area (Å²) in [5.74, 6) is 0. The Bertz CT molecular complexity index is 562. The minimum atomic E-state index is 0.596. The minimum absolute atomic E-state index is 0.596. The normalized spacial score (nSPS) is 11.0. The van der Waals surface area contributed by atoms with Crippen molar-refractivity contribution in [2.45, 2.75) is 26.4 Å². The zero-order valence-corrected chi connectivity index (χ0v) is 13.7. The summed E-state index contributed by atoms with van der Waals surface area (Å²) in [6, 6.07) is 13.9. The van der Waals surface area contributed by atoms with Crippen molar-refractivity contribution in [2.75, 3.05) is 12.3 Å². The molecule has 2 aromatic carbocycles. The highest BCUT2D eigenvalue weighted by Crippen LogP contribution is 2.29. The molecule has 0 saturated carbocycles. The number of nitrogens with two attached hydrogens (primary N) is 1. The molecule has 2 N–H and O–H groups in total. The van der Waals surface area contributed by atoms with Gasteiger partial charge in [0.2, 0.25) is 0 Å². The van der Waals surface area contributed by atoms with E-state index < -0.39 is 0 Å². The lowest BCUT2D eigenvalue weighted by molar-refractivity contribution is 0.257. The summed E-state index contributed by atoms with van der Waals surface area (Å²) in [4.78, 5) is 2.35. The van der Waals surface area contributed by atoms with E-state index in [0.29, 0.717) is 15.7 Å². The summed E-state index contributed by atoms with van der Waals surface area (Å²) in [5, 5.41) is 1.27. The van der Waals surface area contributed by atoms with Gasteiger partial charge in [0.1, 0.15) is 0 Å². The number of hydrogen-bond acceptors (Lipinski definition) is 2. The quantitative estimate of drug-likeness (QED) is 0.759. The van der Waals surface area contributed by atoms with Crippen molar-refractivity contribution in [1.82, 2.24) is 4.90 Å². The maximum Gasteiger partial charge on any atom is 0.0486 e. The van der Waals surface area contributed by atoms with Crippen LogP contribution in [0.15, 0.2) is 42.5 Å². The molecule has 2 rings (SSSR count). The lowest BCUT2D eigenvalue weighted by Crippen LogP contribution is -2.24. The van der Waals surface area contributed by atoms with E-state index in [1.54, 1.807) is 12.1 Å². The maximum atomic E-state index is 6.29. The Labute approximate surface area is 136 Å². The smallest absolute Gasteiger partial charge is 0.0486 e. The first kappa shape index (κ1) is 16.2. The monoisotopic (exact) mass is 322 g/mol. The molecule has 2 aromatic rings. The predicted molar refractivity (Wildman–Crippen MR) is 91.7 cm³/mol. The van der Waals surface area contributed by atoms with Gasteiger partial charge in [-0.3, -0.25) is 4.90 Å². The van der Waals surface area contributed by atoms with Crippen LogP contribution in [0.2, 0.25) is 10.0 Å². The largest absolute Gasteiger partial charge is 0.399 e. The predicted octanol–water partition coefficient (Wildman–Crippen LogP) is 4.99. The highest BCUT2D eigenvalue weighted by molar-refractivity contribution is 6.36. The Balaban J connectivity index is 2.17. The molecular formula is C17H20Cl2N2. The summed E-state index contributed by atoms with van der Waals surface area (Å²) in [7, 11) is 0. The molecule has 2 nitrogen and oxygen atoms in total. The van der Waals surface area contributed by atoms with Crippen LogP contribution in [0.1, 0.15) is 24.5 Å². The number of benzene rings is 2. The number of anilines is 1. The van der Waals surface area contributed by atoms with Crippen molar-refractivity contribution in [3.63, 3.8) is 0 Å². The van der Waals surface area contributed by atoms with Crippen LogP contribution in [0.4, 0.5) is 5.69 Å². The molecule has 0 saturated heterocycles. The third-order valence-electron chi connectivity index (χ3n) is 3.33. The molecule has 0 aliphatic rings. The van der Waals surface area contributed by atoms with Gasteiger partial charge in [0.25, 0.3) is 0 Å². The van der Waals surface area contributed by atoms with Gasteiger partial charge in [-0.2, -0.15) is 0 Å². The molecule has 0 aliphatic heterocycles. The van der Waals surface area contributed by atoms with Crippen molar-refractivity contribution < 1.29 is 0 Å². The fourth-order valence-electron chi connectivity index (χ4n) is 2.37. The van der Waals surface area contributed by atoms with E-state index in [2.05, 4.69) is 36.1 Å². The van der Waals surface area contributed by atoms with E-state index in [1.807, 2.05) is 6.07 Å². The Kier molecular flexibility index (Phi) is 5.92. The van der Waals surface area contributed by atoms with Crippen molar-refractivity contribution in [3.05, 3.63) is 63.6 Å². The van der Waals surface area contributed by atoms with Crippen molar-refractivity contribution >= 4 is 28.9 Å². The Morgan fingerprint density at radius 3 is 2.19 bits per heavy atom. The SMILES string of the molecule is CCCN(Cc1ccccc1)Cc1c(Cl)cc(N)cc1Cl. The van der Waals surface area contributed by atoms with Crippen LogP contribution in [0.3, 0.4) is 0 Å². The molecule has 112 valence electrons. The Morgan fingerprint density at radius 1 is 1.00 bits per heavy atom. The minimum Gasteiger partial charge on any atom is -0.399 e. The molecule has 0 heterocycles. The molecule has 4 heteroatoms. The van der Waals surface area contributed by atoms with E-state index in [9.17, 15) is 0 Å². The summed E-state index contributed by atoms with van der Waals surface area (Å²) in [5.41, 5.74) is 8.58. The molecule has 0 fully saturated rings.